The summed E-state index contributed by atoms with van der Waals surface area (Å²) in [5, 5.41) is 0. The lowest BCUT2D eigenvalue weighted by atomic mass is 9.76. The highest BCUT2D eigenvalue weighted by atomic mass is 19.1. The molecule has 1 rings (SSSR count). The van der Waals surface area contributed by atoms with Crippen LogP contribution in [-0.2, 0) is 0 Å². The van der Waals surface area contributed by atoms with Crippen molar-refractivity contribution in [2.75, 3.05) is 0 Å². The molecule has 0 atom stereocenters. The molecule has 0 saturated heterocycles. The Labute approximate surface area is 81.9 Å². The summed E-state index contributed by atoms with van der Waals surface area (Å²) in [6, 6.07) is 0. The third-order valence-corrected chi connectivity index (χ3v) is 3.72. The maximum absolute atomic E-state index is 14.5. The summed E-state index contributed by atoms with van der Waals surface area (Å²) in [6.45, 7) is 8.38. The summed E-state index contributed by atoms with van der Waals surface area (Å²) in [5.74, 6) is 0.635. The third-order valence-electron chi connectivity index (χ3n) is 3.72. The van der Waals surface area contributed by atoms with Gasteiger partial charge in [0.05, 0.1) is 0 Å². The Kier molecular flexibility index (Phi) is 3.04. The van der Waals surface area contributed by atoms with Crippen molar-refractivity contribution >= 4 is 0 Å². The Hall–Kier alpha value is -0.0700. The Balaban J connectivity index is 2.67. The summed E-state index contributed by atoms with van der Waals surface area (Å²) in [6.07, 6.45) is 4.68. The first kappa shape index (κ1) is 11.0. The van der Waals surface area contributed by atoms with Crippen LogP contribution in [0.3, 0.4) is 0 Å². The molecule has 0 amide bonds. The molecule has 0 aromatic rings. The van der Waals surface area contributed by atoms with E-state index in [1.807, 2.05) is 13.8 Å². The second-order valence-electron chi connectivity index (χ2n) is 5.05. The molecular weight excluding hydrogens is 163 g/mol. The normalized spacial score (nSPS) is 20.8. The van der Waals surface area contributed by atoms with Crippen molar-refractivity contribution < 1.29 is 4.39 Å². The molecule has 0 radical (unpaired) electrons. The van der Waals surface area contributed by atoms with E-state index < -0.39 is 5.67 Å². The lowest BCUT2D eigenvalue weighted by Gasteiger charge is -2.33. The topological polar surface area (TPSA) is 0 Å². The van der Waals surface area contributed by atoms with Gasteiger partial charge in [-0.05, 0) is 38.0 Å². The SMILES string of the molecule is CCC(F)(CC)C1(CC(C)C)CC1. The van der Waals surface area contributed by atoms with E-state index in [0.717, 1.165) is 19.3 Å². The van der Waals surface area contributed by atoms with E-state index in [1.165, 1.54) is 0 Å². The molecule has 0 aromatic carbocycles. The Morgan fingerprint density at radius 2 is 1.69 bits per heavy atom. The predicted octanol–water partition coefficient (Wildman–Crippen LogP) is 4.34. The van der Waals surface area contributed by atoms with Crippen molar-refractivity contribution in [3.63, 3.8) is 0 Å². The first-order chi connectivity index (χ1) is 5.99. The second-order valence-corrected chi connectivity index (χ2v) is 5.05. The highest BCUT2D eigenvalue weighted by molar-refractivity contribution is 5.07. The summed E-state index contributed by atoms with van der Waals surface area (Å²) in [7, 11) is 0. The van der Waals surface area contributed by atoms with Crippen LogP contribution in [-0.4, -0.2) is 5.67 Å². The van der Waals surface area contributed by atoms with E-state index in [4.69, 9.17) is 0 Å². The maximum Gasteiger partial charge on any atom is 0.116 e. The third kappa shape index (κ3) is 1.89. The first-order valence-electron chi connectivity index (χ1n) is 5.68. The van der Waals surface area contributed by atoms with Crippen LogP contribution < -0.4 is 0 Å². The zero-order valence-corrected chi connectivity index (χ0v) is 9.49. The zero-order chi connectivity index (χ0) is 10.1. The van der Waals surface area contributed by atoms with E-state index in [2.05, 4.69) is 13.8 Å². The number of hydrogen-bond donors (Lipinski definition) is 0. The van der Waals surface area contributed by atoms with Gasteiger partial charge >= 0.3 is 0 Å². The molecule has 0 nitrogen and oxygen atoms in total. The molecule has 0 N–H and O–H groups in total. The van der Waals surface area contributed by atoms with Gasteiger partial charge in [-0.1, -0.05) is 27.7 Å². The van der Waals surface area contributed by atoms with Crippen LogP contribution in [0.2, 0.25) is 0 Å². The highest BCUT2D eigenvalue weighted by Crippen LogP contribution is 2.62. The van der Waals surface area contributed by atoms with Crippen molar-refractivity contribution in [3.8, 4) is 0 Å². The minimum Gasteiger partial charge on any atom is -0.243 e. The van der Waals surface area contributed by atoms with E-state index in [1.54, 1.807) is 0 Å². The van der Waals surface area contributed by atoms with Crippen LogP contribution in [0.1, 0.15) is 59.8 Å². The number of hydrogen-bond acceptors (Lipinski definition) is 0. The smallest absolute Gasteiger partial charge is 0.116 e. The molecule has 0 aliphatic heterocycles. The van der Waals surface area contributed by atoms with Crippen LogP contribution in [0.5, 0.6) is 0 Å². The Morgan fingerprint density at radius 1 is 1.23 bits per heavy atom. The Bertz CT molecular complexity index is 164. The van der Waals surface area contributed by atoms with E-state index in [0.29, 0.717) is 18.8 Å². The van der Waals surface area contributed by atoms with Crippen molar-refractivity contribution in [2.45, 2.75) is 65.5 Å². The van der Waals surface area contributed by atoms with Crippen LogP contribution in [0.15, 0.2) is 0 Å². The fraction of sp³-hybridized carbons (Fsp3) is 1.00. The van der Waals surface area contributed by atoms with Crippen LogP contribution >= 0.6 is 0 Å². The fourth-order valence-electron chi connectivity index (χ4n) is 2.77. The lowest BCUT2D eigenvalue weighted by molar-refractivity contribution is 0.0396. The quantitative estimate of drug-likeness (QED) is 0.599. The maximum atomic E-state index is 14.5. The van der Waals surface area contributed by atoms with Gasteiger partial charge in [0.15, 0.2) is 0 Å². The largest absolute Gasteiger partial charge is 0.243 e. The van der Waals surface area contributed by atoms with Crippen LogP contribution in [0.25, 0.3) is 0 Å². The molecule has 1 heteroatoms. The van der Waals surface area contributed by atoms with Crippen molar-refractivity contribution in [3.05, 3.63) is 0 Å². The monoisotopic (exact) mass is 186 g/mol. The second kappa shape index (κ2) is 3.59. The van der Waals surface area contributed by atoms with Gasteiger partial charge in [-0.2, -0.15) is 0 Å². The minimum atomic E-state index is -0.878. The Morgan fingerprint density at radius 3 is 1.92 bits per heavy atom. The van der Waals surface area contributed by atoms with Gasteiger partial charge in [-0.25, -0.2) is 4.39 Å². The molecular formula is C12H23F. The number of rotatable bonds is 5. The van der Waals surface area contributed by atoms with Gasteiger partial charge in [0, 0.05) is 5.41 Å². The molecule has 1 aliphatic rings. The van der Waals surface area contributed by atoms with Gasteiger partial charge in [0.2, 0.25) is 0 Å². The molecule has 13 heavy (non-hydrogen) atoms. The molecule has 0 heterocycles. The molecule has 78 valence electrons. The average molecular weight is 186 g/mol. The van der Waals surface area contributed by atoms with Crippen molar-refractivity contribution in [1.29, 1.82) is 0 Å². The van der Waals surface area contributed by atoms with Crippen molar-refractivity contribution in [1.82, 2.24) is 0 Å². The summed E-state index contributed by atoms with van der Waals surface area (Å²) in [5.41, 5.74) is -0.818. The molecule has 1 aliphatic carbocycles. The first-order valence-corrected chi connectivity index (χ1v) is 5.68. The van der Waals surface area contributed by atoms with Gasteiger partial charge in [-0.15, -0.1) is 0 Å². The lowest BCUT2D eigenvalue weighted by Crippen LogP contribution is -2.34. The summed E-state index contributed by atoms with van der Waals surface area (Å²) >= 11 is 0. The zero-order valence-electron chi connectivity index (χ0n) is 9.49. The van der Waals surface area contributed by atoms with Crippen LogP contribution in [0.4, 0.5) is 4.39 Å². The number of alkyl halides is 1. The van der Waals surface area contributed by atoms with Gasteiger partial charge in [-0.3, -0.25) is 0 Å². The van der Waals surface area contributed by atoms with Crippen molar-refractivity contribution in [2.24, 2.45) is 11.3 Å². The molecule has 0 spiro atoms. The molecule has 0 unspecified atom stereocenters. The fourth-order valence-corrected chi connectivity index (χ4v) is 2.77. The summed E-state index contributed by atoms with van der Waals surface area (Å²) < 4.78 is 14.5. The van der Waals surface area contributed by atoms with Gasteiger partial charge < -0.3 is 0 Å². The van der Waals surface area contributed by atoms with E-state index in [9.17, 15) is 4.39 Å². The highest BCUT2D eigenvalue weighted by Gasteiger charge is 2.57. The minimum absolute atomic E-state index is 0.0602. The standard InChI is InChI=1S/C12H23F/c1-5-12(13,6-2)11(7-8-11)9-10(3)4/h10H,5-9H2,1-4H3. The molecule has 1 saturated carbocycles. The van der Waals surface area contributed by atoms with Gasteiger partial charge in [0.1, 0.15) is 5.67 Å². The molecule has 1 fully saturated rings. The van der Waals surface area contributed by atoms with Crippen LogP contribution in [0, 0.1) is 11.3 Å². The van der Waals surface area contributed by atoms with Gasteiger partial charge in [0.25, 0.3) is 0 Å². The molecule has 0 bridgehead atoms. The molecule has 0 aromatic heterocycles. The van der Waals surface area contributed by atoms with E-state index in [-0.39, 0.29) is 5.41 Å². The summed E-state index contributed by atoms with van der Waals surface area (Å²) in [4.78, 5) is 0. The van der Waals surface area contributed by atoms with E-state index >= 15 is 0 Å². The number of halogens is 1. The predicted molar refractivity (Wildman–Crippen MR) is 55.5 cm³/mol. The average Bonchev–Trinajstić information content (AvgIpc) is 2.83.